The highest BCUT2D eigenvalue weighted by Crippen LogP contribution is 2.45. The smallest absolute Gasteiger partial charge is 0.330 e. The number of ether oxygens (including phenoxy) is 2. The molecule has 0 bridgehead atoms. The van der Waals surface area contributed by atoms with Gasteiger partial charge >= 0.3 is 12.0 Å². The van der Waals surface area contributed by atoms with Gasteiger partial charge in [-0.3, -0.25) is 14.4 Å². The van der Waals surface area contributed by atoms with Crippen molar-refractivity contribution in [1.29, 1.82) is 0 Å². The van der Waals surface area contributed by atoms with Crippen molar-refractivity contribution in [2.45, 2.75) is 70.3 Å². The lowest BCUT2D eigenvalue weighted by Crippen LogP contribution is -2.61. The summed E-state index contributed by atoms with van der Waals surface area (Å²) in [7, 11) is 1.56. The van der Waals surface area contributed by atoms with Gasteiger partial charge in [0.15, 0.2) is 0 Å². The standard InChI is InChI=1S/C37H44N6O8/c1-7-22-18-37(22,34(47)48)42-32(45)28-16-24(19-43(28)33(46)30(36(3,4)5)41-35(49)39-20(2)31(38)44)51-29-17-26(21-11-9-8-10-12-21)40-27-15-23(50-6)13-14-25(27)29/h7-15,17,20,22,24,28,30H,1,16,18-19H2,2-6H3,(H2,38,44)(H,42,45)(H,47,48)(H2,39,41,49)/t20-,22+,24-,28+,30-,37?/m1/s1. The van der Waals surface area contributed by atoms with E-state index in [0.29, 0.717) is 28.1 Å². The molecule has 14 nitrogen and oxygen atoms in total. The molecule has 1 aromatic heterocycles. The van der Waals surface area contributed by atoms with Crippen LogP contribution in [-0.4, -0.2) is 88.1 Å². The fraction of sp³-hybridized carbons (Fsp3) is 0.405. The van der Waals surface area contributed by atoms with Crippen LogP contribution in [0.15, 0.2) is 67.3 Å². The van der Waals surface area contributed by atoms with Gasteiger partial charge < -0.3 is 41.2 Å². The number of aliphatic carboxylic acids is 1. The van der Waals surface area contributed by atoms with Crippen molar-refractivity contribution in [2.24, 2.45) is 17.1 Å². The number of likely N-dealkylation sites (tertiary alicyclic amines) is 1. The number of pyridine rings is 1. The van der Waals surface area contributed by atoms with E-state index < -0.39 is 70.8 Å². The molecule has 270 valence electrons. The van der Waals surface area contributed by atoms with Crippen LogP contribution in [0.4, 0.5) is 4.79 Å². The largest absolute Gasteiger partial charge is 0.497 e. The number of fused-ring (bicyclic) bond motifs is 1. The number of methoxy groups -OCH3 is 1. The van der Waals surface area contributed by atoms with Crippen LogP contribution in [0.2, 0.25) is 0 Å². The van der Waals surface area contributed by atoms with E-state index >= 15 is 0 Å². The number of hydrogen-bond acceptors (Lipinski definition) is 8. The maximum Gasteiger partial charge on any atom is 0.330 e. The molecule has 1 aliphatic heterocycles. The topological polar surface area (TPSA) is 202 Å². The normalized spacial score (nSPS) is 22.3. The molecule has 2 fully saturated rings. The number of hydrogen-bond donors (Lipinski definition) is 5. The number of primary amides is 1. The van der Waals surface area contributed by atoms with E-state index in [1.165, 1.54) is 17.9 Å². The molecule has 2 aromatic carbocycles. The predicted molar refractivity (Wildman–Crippen MR) is 189 cm³/mol. The van der Waals surface area contributed by atoms with Crippen LogP contribution in [0.1, 0.15) is 40.5 Å². The van der Waals surface area contributed by atoms with Gasteiger partial charge in [0.2, 0.25) is 17.7 Å². The molecule has 6 N–H and O–H groups in total. The molecule has 2 heterocycles. The van der Waals surface area contributed by atoms with E-state index in [1.807, 2.05) is 36.4 Å². The van der Waals surface area contributed by atoms with E-state index in [-0.39, 0.29) is 19.4 Å². The number of benzene rings is 2. The Morgan fingerprint density at radius 3 is 2.39 bits per heavy atom. The fourth-order valence-electron chi connectivity index (χ4n) is 6.29. The minimum absolute atomic E-state index is 0.0223. The van der Waals surface area contributed by atoms with Crippen LogP contribution in [0, 0.1) is 11.3 Å². The first-order chi connectivity index (χ1) is 24.1. The van der Waals surface area contributed by atoms with Crippen molar-refractivity contribution in [2.75, 3.05) is 13.7 Å². The molecule has 1 saturated carbocycles. The zero-order valence-electron chi connectivity index (χ0n) is 29.3. The average molecular weight is 701 g/mol. The Morgan fingerprint density at radius 1 is 1.10 bits per heavy atom. The zero-order chi connectivity index (χ0) is 37.2. The molecule has 6 atom stereocenters. The maximum absolute atomic E-state index is 14.4. The van der Waals surface area contributed by atoms with Gasteiger partial charge in [0, 0.05) is 35.4 Å². The van der Waals surface area contributed by atoms with Crippen LogP contribution in [-0.2, 0) is 19.2 Å². The number of nitrogens with zero attached hydrogens (tertiary/aromatic N) is 2. The minimum Gasteiger partial charge on any atom is -0.497 e. The summed E-state index contributed by atoms with van der Waals surface area (Å²) >= 11 is 0. The summed E-state index contributed by atoms with van der Waals surface area (Å²) in [5.74, 6) is -2.65. The number of nitrogens with two attached hydrogens (primary N) is 1. The van der Waals surface area contributed by atoms with E-state index in [4.69, 9.17) is 20.2 Å². The van der Waals surface area contributed by atoms with Gasteiger partial charge in [-0.15, -0.1) is 6.58 Å². The van der Waals surface area contributed by atoms with Crippen LogP contribution in [0.3, 0.4) is 0 Å². The van der Waals surface area contributed by atoms with Gasteiger partial charge in [0.25, 0.3) is 0 Å². The third-order valence-electron chi connectivity index (χ3n) is 9.38. The second kappa shape index (κ2) is 14.3. The highest BCUT2D eigenvalue weighted by molar-refractivity contribution is 5.97. The van der Waals surface area contributed by atoms with Gasteiger partial charge in [-0.1, -0.05) is 57.2 Å². The first-order valence-electron chi connectivity index (χ1n) is 16.6. The Balaban J connectivity index is 1.50. The van der Waals surface area contributed by atoms with Crippen molar-refractivity contribution in [1.82, 2.24) is 25.8 Å². The maximum atomic E-state index is 14.4. The number of carboxylic acids is 1. The minimum atomic E-state index is -1.54. The van der Waals surface area contributed by atoms with Crippen molar-refractivity contribution in [3.63, 3.8) is 0 Å². The molecule has 0 radical (unpaired) electrons. The average Bonchev–Trinajstić information content (AvgIpc) is 3.65. The number of aromatic nitrogens is 1. The Bertz CT molecular complexity index is 1860. The molecule has 5 rings (SSSR count). The van der Waals surface area contributed by atoms with Gasteiger partial charge in [0.05, 0.1) is 24.9 Å². The molecule has 1 unspecified atom stereocenters. The first kappa shape index (κ1) is 36.6. The van der Waals surface area contributed by atoms with Gasteiger partial charge in [-0.2, -0.15) is 0 Å². The number of urea groups is 1. The molecule has 1 aliphatic carbocycles. The highest BCUT2D eigenvalue weighted by atomic mass is 16.5. The van der Waals surface area contributed by atoms with E-state index in [2.05, 4.69) is 22.5 Å². The third kappa shape index (κ3) is 7.74. The summed E-state index contributed by atoms with van der Waals surface area (Å²) in [4.78, 5) is 71.3. The van der Waals surface area contributed by atoms with Gasteiger partial charge in [-0.25, -0.2) is 14.6 Å². The van der Waals surface area contributed by atoms with Crippen LogP contribution >= 0.6 is 0 Å². The Kier molecular flexibility index (Phi) is 10.3. The summed E-state index contributed by atoms with van der Waals surface area (Å²) < 4.78 is 12.0. The summed E-state index contributed by atoms with van der Waals surface area (Å²) in [6.45, 7) is 10.3. The van der Waals surface area contributed by atoms with Crippen molar-refractivity contribution in [3.05, 3.63) is 67.3 Å². The molecule has 2 aliphatic rings. The molecular weight excluding hydrogens is 656 g/mol. The van der Waals surface area contributed by atoms with E-state index in [0.717, 1.165) is 5.56 Å². The second-order valence-corrected chi connectivity index (χ2v) is 14.1. The van der Waals surface area contributed by atoms with Crippen LogP contribution in [0.25, 0.3) is 22.2 Å². The summed E-state index contributed by atoms with van der Waals surface area (Å²) in [6, 6.07) is 12.6. The van der Waals surface area contributed by atoms with Crippen LogP contribution < -0.4 is 31.2 Å². The predicted octanol–water partition coefficient (Wildman–Crippen LogP) is 2.99. The van der Waals surface area contributed by atoms with Gasteiger partial charge in [0.1, 0.15) is 41.3 Å². The molecule has 3 aromatic rings. The lowest BCUT2D eigenvalue weighted by atomic mass is 9.85. The lowest BCUT2D eigenvalue weighted by molar-refractivity contribution is -0.146. The molecule has 14 heteroatoms. The quantitative estimate of drug-likeness (QED) is 0.176. The van der Waals surface area contributed by atoms with Crippen LogP contribution in [0.5, 0.6) is 11.5 Å². The second-order valence-electron chi connectivity index (χ2n) is 14.1. The zero-order valence-corrected chi connectivity index (χ0v) is 29.3. The number of rotatable bonds is 12. The molecule has 5 amide bonds. The Morgan fingerprint density at radius 2 is 1.80 bits per heavy atom. The van der Waals surface area contributed by atoms with Crippen molar-refractivity contribution >= 4 is 40.6 Å². The first-order valence-corrected chi connectivity index (χ1v) is 16.6. The molecule has 0 spiro atoms. The van der Waals surface area contributed by atoms with E-state index in [1.54, 1.807) is 46.1 Å². The summed E-state index contributed by atoms with van der Waals surface area (Å²) in [5, 5.41) is 18.4. The SMILES string of the molecule is C=C[C@H]1CC1(NC(=O)[C@@H]1C[C@@H](Oc2cc(-c3ccccc3)nc3cc(OC)ccc23)CN1C(=O)[C@@H](NC(=O)N[C@H](C)C(N)=O)C(C)(C)C)C(=O)O. The number of carboxylic acid groups (broad SMARTS) is 1. The third-order valence-corrected chi connectivity index (χ3v) is 9.38. The van der Waals surface area contributed by atoms with E-state index in [9.17, 15) is 29.1 Å². The highest BCUT2D eigenvalue weighted by Gasteiger charge is 2.61. The van der Waals surface area contributed by atoms with Crippen molar-refractivity contribution in [3.8, 4) is 22.8 Å². The van der Waals surface area contributed by atoms with Gasteiger partial charge in [-0.05, 0) is 30.9 Å². The molecule has 51 heavy (non-hydrogen) atoms. The number of carbonyl (C=O) groups excluding carboxylic acids is 4. The number of nitrogens with one attached hydrogen (secondary N) is 3. The summed E-state index contributed by atoms with van der Waals surface area (Å²) in [6.07, 6.45) is 0.948. The fourth-order valence-corrected chi connectivity index (χ4v) is 6.29. The molecule has 1 saturated heterocycles. The Hall–Kier alpha value is -5.66. The lowest BCUT2D eigenvalue weighted by Gasteiger charge is -2.35. The number of carbonyl (C=O) groups is 5. The monoisotopic (exact) mass is 700 g/mol. The van der Waals surface area contributed by atoms with Crippen molar-refractivity contribution < 1.29 is 38.6 Å². The summed E-state index contributed by atoms with van der Waals surface area (Å²) in [5.41, 5.74) is 4.99. The Labute approximate surface area is 295 Å². The molecular formula is C37H44N6O8. The number of amides is 5.